The van der Waals surface area contributed by atoms with Gasteiger partial charge >= 0.3 is 0 Å². The maximum Gasteiger partial charge on any atom is 0.251 e. The van der Waals surface area contributed by atoms with Crippen molar-refractivity contribution in [2.24, 2.45) is 5.92 Å². The van der Waals surface area contributed by atoms with Crippen molar-refractivity contribution in [2.45, 2.75) is 26.3 Å². The summed E-state index contributed by atoms with van der Waals surface area (Å²) in [5.74, 6) is -0.169. The monoisotopic (exact) mass is 332 g/mol. The van der Waals surface area contributed by atoms with Gasteiger partial charge < -0.3 is 5.32 Å². The number of amides is 1. The lowest BCUT2D eigenvalue weighted by Gasteiger charge is -2.18. The Morgan fingerprint density at radius 3 is 2.96 bits per heavy atom. The third-order valence-corrected chi connectivity index (χ3v) is 4.15. The molecule has 0 bridgehead atoms. The number of nitrogens with one attached hydrogen (secondary N) is 1. The molecule has 0 aliphatic rings. The van der Waals surface area contributed by atoms with Gasteiger partial charge in [-0.05, 0) is 30.5 Å². The lowest BCUT2D eigenvalue weighted by Crippen LogP contribution is -2.27. The van der Waals surface area contributed by atoms with E-state index < -0.39 is 6.04 Å². The maximum atomic E-state index is 13.3. The standard InChI is InChI=1S/C16H17FN4OS/c1-10(2)7-14(15(22)19-16-18-5-6-23-16)21-9-11-8-12(17)3-4-13(11)20-21/h3-6,8-10,14H,7H2,1-2H3,(H,18,19,22). The normalized spacial score (nSPS) is 12.7. The first-order valence-corrected chi connectivity index (χ1v) is 8.25. The average molecular weight is 332 g/mol. The van der Waals surface area contributed by atoms with E-state index in [1.807, 2.05) is 13.8 Å². The highest BCUT2D eigenvalue weighted by Gasteiger charge is 2.23. The molecular weight excluding hydrogens is 315 g/mol. The number of rotatable bonds is 5. The zero-order valence-corrected chi connectivity index (χ0v) is 13.7. The van der Waals surface area contributed by atoms with Crippen LogP contribution in [-0.2, 0) is 4.79 Å². The van der Waals surface area contributed by atoms with E-state index in [-0.39, 0.29) is 11.7 Å². The number of thiazole rings is 1. The molecular formula is C16H17FN4OS. The molecule has 0 radical (unpaired) electrons. The number of halogens is 1. The number of carbonyl (C=O) groups excluding carboxylic acids is 1. The number of aromatic nitrogens is 3. The molecule has 0 spiro atoms. The number of hydrogen-bond acceptors (Lipinski definition) is 4. The van der Waals surface area contributed by atoms with Crippen LogP contribution in [0.2, 0.25) is 0 Å². The van der Waals surface area contributed by atoms with E-state index in [0.717, 1.165) is 0 Å². The Hall–Kier alpha value is -2.28. The quantitative estimate of drug-likeness (QED) is 0.772. The number of fused-ring (bicyclic) bond motifs is 1. The van der Waals surface area contributed by atoms with Gasteiger partial charge in [0.15, 0.2) is 5.13 Å². The van der Waals surface area contributed by atoms with Gasteiger partial charge in [-0.25, -0.2) is 9.37 Å². The van der Waals surface area contributed by atoms with E-state index in [1.54, 1.807) is 28.5 Å². The number of carbonyl (C=O) groups is 1. The molecule has 2 heterocycles. The summed E-state index contributed by atoms with van der Waals surface area (Å²) in [4.78, 5) is 16.7. The molecule has 7 heteroatoms. The van der Waals surface area contributed by atoms with E-state index in [4.69, 9.17) is 0 Å². The van der Waals surface area contributed by atoms with Crippen LogP contribution < -0.4 is 5.32 Å². The van der Waals surface area contributed by atoms with Crippen LogP contribution in [0.25, 0.3) is 10.9 Å². The predicted molar refractivity (Wildman–Crippen MR) is 88.9 cm³/mol. The summed E-state index contributed by atoms with van der Waals surface area (Å²) < 4.78 is 15.0. The third kappa shape index (κ3) is 3.56. The number of benzene rings is 1. The van der Waals surface area contributed by atoms with Crippen LogP contribution in [0.5, 0.6) is 0 Å². The van der Waals surface area contributed by atoms with Crippen LogP contribution in [0.3, 0.4) is 0 Å². The topological polar surface area (TPSA) is 59.8 Å². The fourth-order valence-corrected chi connectivity index (χ4v) is 2.96. The van der Waals surface area contributed by atoms with Gasteiger partial charge in [-0.15, -0.1) is 11.3 Å². The average Bonchev–Trinajstić information content (AvgIpc) is 3.13. The van der Waals surface area contributed by atoms with Gasteiger partial charge in [0.25, 0.3) is 5.91 Å². The van der Waals surface area contributed by atoms with E-state index >= 15 is 0 Å². The minimum atomic E-state index is -0.464. The van der Waals surface area contributed by atoms with Gasteiger partial charge in [0.2, 0.25) is 0 Å². The van der Waals surface area contributed by atoms with Gasteiger partial charge in [0.1, 0.15) is 11.9 Å². The Morgan fingerprint density at radius 1 is 1.43 bits per heavy atom. The van der Waals surface area contributed by atoms with E-state index in [0.29, 0.717) is 28.4 Å². The summed E-state index contributed by atoms with van der Waals surface area (Å²) in [6.45, 7) is 4.10. The molecule has 1 amide bonds. The van der Waals surface area contributed by atoms with Crippen molar-refractivity contribution in [3.63, 3.8) is 0 Å². The molecule has 3 rings (SSSR count). The second-order valence-corrected chi connectivity index (χ2v) is 6.68. The summed E-state index contributed by atoms with van der Waals surface area (Å²) in [6.07, 6.45) is 3.99. The molecule has 1 N–H and O–H groups in total. The molecule has 0 fully saturated rings. The van der Waals surface area contributed by atoms with Gasteiger partial charge in [-0.1, -0.05) is 13.8 Å². The van der Waals surface area contributed by atoms with Crippen molar-refractivity contribution < 1.29 is 9.18 Å². The molecule has 2 aromatic heterocycles. The second kappa shape index (κ2) is 6.45. The Labute approximate surface area is 137 Å². The predicted octanol–water partition coefficient (Wildman–Crippen LogP) is 3.86. The SMILES string of the molecule is CC(C)CC(C(=O)Nc1nccs1)n1cc2cc(F)ccc2n1. The summed E-state index contributed by atoms with van der Waals surface area (Å²) in [5.41, 5.74) is 0.669. The fourth-order valence-electron chi connectivity index (χ4n) is 2.43. The van der Waals surface area contributed by atoms with Crippen molar-refractivity contribution in [3.8, 4) is 0 Å². The third-order valence-electron chi connectivity index (χ3n) is 3.46. The lowest BCUT2D eigenvalue weighted by molar-refractivity contribution is -0.120. The van der Waals surface area contributed by atoms with Gasteiger partial charge in [0.05, 0.1) is 5.52 Å². The number of nitrogens with zero attached hydrogens (tertiary/aromatic N) is 3. The highest BCUT2D eigenvalue weighted by Crippen LogP contribution is 2.23. The van der Waals surface area contributed by atoms with E-state index in [1.165, 1.54) is 23.5 Å². The van der Waals surface area contributed by atoms with Crippen LogP contribution in [0.1, 0.15) is 26.3 Å². The molecule has 0 aliphatic carbocycles. The number of hydrogen-bond donors (Lipinski definition) is 1. The first-order chi connectivity index (χ1) is 11.0. The van der Waals surface area contributed by atoms with Crippen molar-refractivity contribution in [1.82, 2.24) is 14.8 Å². The lowest BCUT2D eigenvalue weighted by atomic mass is 10.0. The van der Waals surface area contributed by atoms with Crippen molar-refractivity contribution in [2.75, 3.05) is 5.32 Å². The number of anilines is 1. The van der Waals surface area contributed by atoms with E-state index in [9.17, 15) is 9.18 Å². The smallest absolute Gasteiger partial charge is 0.251 e. The molecule has 1 unspecified atom stereocenters. The fraction of sp³-hybridized carbons (Fsp3) is 0.312. The highest BCUT2D eigenvalue weighted by atomic mass is 32.1. The Bertz CT molecular complexity index is 813. The van der Waals surface area contributed by atoms with Crippen LogP contribution >= 0.6 is 11.3 Å². The molecule has 0 saturated heterocycles. The first-order valence-electron chi connectivity index (χ1n) is 7.37. The molecule has 0 saturated carbocycles. The zero-order valence-electron chi connectivity index (χ0n) is 12.9. The largest absolute Gasteiger partial charge is 0.300 e. The minimum absolute atomic E-state index is 0.165. The van der Waals surface area contributed by atoms with Crippen LogP contribution in [0.15, 0.2) is 36.0 Å². The summed E-state index contributed by atoms with van der Waals surface area (Å²) in [5, 5.41) is 10.3. The molecule has 1 atom stereocenters. The summed E-state index contributed by atoms with van der Waals surface area (Å²) in [6, 6.07) is 3.94. The van der Waals surface area contributed by atoms with Crippen molar-refractivity contribution >= 4 is 33.3 Å². The minimum Gasteiger partial charge on any atom is -0.300 e. The van der Waals surface area contributed by atoms with E-state index in [2.05, 4.69) is 15.4 Å². The van der Waals surface area contributed by atoms with Crippen molar-refractivity contribution in [3.05, 3.63) is 41.8 Å². The van der Waals surface area contributed by atoms with Gasteiger partial charge in [-0.3, -0.25) is 9.48 Å². The Kier molecular flexibility index (Phi) is 4.38. The Morgan fingerprint density at radius 2 is 2.26 bits per heavy atom. The van der Waals surface area contributed by atoms with Crippen molar-refractivity contribution in [1.29, 1.82) is 0 Å². The molecule has 1 aromatic carbocycles. The maximum absolute atomic E-state index is 13.3. The molecule has 23 heavy (non-hydrogen) atoms. The molecule has 0 aliphatic heterocycles. The first kappa shape index (κ1) is 15.6. The molecule has 3 aromatic rings. The molecule has 120 valence electrons. The van der Waals surface area contributed by atoms with Crippen LogP contribution in [0.4, 0.5) is 9.52 Å². The van der Waals surface area contributed by atoms with Gasteiger partial charge in [0, 0.05) is 23.2 Å². The summed E-state index contributed by atoms with van der Waals surface area (Å²) in [7, 11) is 0. The molecule has 5 nitrogen and oxygen atoms in total. The Balaban J connectivity index is 1.91. The van der Waals surface area contributed by atoms with Crippen LogP contribution in [-0.4, -0.2) is 20.7 Å². The highest BCUT2D eigenvalue weighted by molar-refractivity contribution is 7.13. The zero-order chi connectivity index (χ0) is 16.4. The van der Waals surface area contributed by atoms with Gasteiger partial charge in [-0.2, -0.15) is 5.10 Å². The van der Waals surface area contributed by atoms with Crippen LogP contribution in [0, 0.1) is 11.7 Å². The summed E-state index contributed by atoms with van der Waals surface area (Å²) >= 11 is 1.37. The second-order valence-electron chi connectivity index (χ2n) is 5.78.